The average molecular weight is 264 g/mol. The maximum atomic E-state index is 5.97. The topological polar surface area (TPSA) is 18.5 Å². The molecule has 0 fully saturated rings. The zero-order chi connectivity index (χ0) is 14.9. The number of rotatable bonds is 8. The third-order valence-electron chi connectivity index (χ3n) is 2.31. The van der Waals surface area contributed by atoms with Crippen molar-refractivity contribution in [3.05, 3.63) is 49.3 Å². The molecule has 0 saturated heterocycles. The highest BCUT2D eigenvalue weighted by Crippen LogP contribution is 2.21. The number of ether oxygens (including phenoxy) is 2. The monoisotopic (exact) mass is 264 g/mol. The van der Waals surface area contributed by atoms with E-state index in [1.54, 1.807) is 12.2 Å². The normalized spacial score (nSPS) is 13.6. The van der Waals surface area contributed by atoms with Gasteiger partial charge in [-0.25, -0.2) is 0 Å². The van der Waals surface area contributed by atoms with Gasteiger partial charge in [0.25, 0.3) is 0 Å². The van der Waals surface area contributed by atoms with Crippen molar-refractivity contribution in [3.63, 3.8) is 0 Å². The van der Waals surface area contributed by atoms with Gasteiger partial charge >= 0.3 is 0 Å². The molecule has 0 atom stereocenters. The van der Waals surface area contributed by atoms with Gasteiger partial charge in [-0.1, -0.05) is 31.4 Å². The predicted molar refractivity (Wildman–Crippen MR) is 83.1 cm³/mol. The fourth-order valence-corrected chi connectivity index (χ4v) is 1.38. The molecule has 0 amide bonds. The molecule has 0 aliphatic rings. The van der Waals surface area contributed by atoms with Crippen LogP contribution in [0, 0.1) is 0 Å². The number of hydrogen-bond acceptors (Lipinski definition) is 2. The van der Waals surface area contributed by atoms with E-state index < -0.39 is 0 Å². The molecule has 0 spiro atoms. The van der Waals surface area contributed by atoms with Crippen molar-refractivity contribution >= 4 is 0 Å². The smallest absolute Gasteiger partial charge is 0.120 e. The van der Waals surface area contributed by atoms with Crippen LogP contribution in [0.5, 0.6) is 0 Å². The van der Waals surface area contributed by atoms with E-state index >= 15 is 0 Å². The standard InChI is InChI=1S/C17H28O2/c1-8-10-12-15(11-9-2)19-17(6,7)13-14-18-16(3,4)5/h8-12H,1-2,13-14H2,3-7H3/b12-10-,15-11+. The van der Waals surface area contributed by atoms with E-state index in [1.807, 2.05) is 18.2 Å². The number of hydrogen-bond donors (Lipinski definition) is 0. The zero-order valence-electron chi connectivity index (χ0n) is 13.0. The summed E-state index contributed by atoms with van der Waals surface area (Å²) in [5, 5.41) is 0. The van der Waals surface area contributed by atoms with Crippen molar-refractivity contribution in [2.75, 3.05) is 6.61 Å². The third kappa shape index (κ3) is 10.3. The van der Waals surface area contributed by atoms with Gasteiger partial charge in [0.15, 0.2) is 0 Å². The van der Waals surface area contributed by atoms with Crippen LogP contribution in [0.3, 0.4) is 0 Å². The van der Waals surface area contributed by atoms with Crippen molar-refractivity contribution in [3.8, 4) is 0 Å². The van der Waals surface area contributed by atoms with Crippen molar-refractivity contribution in [2.24, 2.45) is 0 Å². The lowest BCUT2D eigenvalue weighted by molar-refractivity contribution is -0.0436. The minimum Gasteiger partial charge on any atom is -0.488 e. The van der Waals surface area contributed by atoms with Crippen LogP contribution in [0.25, 0.3) is 0 Å². The SMILES string of the molecule is C=C/C=C\C(=C/C=C)OC(C)(C)CCOC(C)(C)C. The highest BCUT2D eigenvalue weighted by atomic mass is 16.5. The van der Waals surface area contributed by atoms with Crippen molar-refractivity contribution < 1.29 is 9.47 Å². The summed E-state index contributed by atoms with van der Waals surface area (Å²) in [4.78, 5) is 0. The molecule has 0 saturated carbocycles. The first kappa shape index (κ1) is 17.7. The minimum absolute atomic E-state index is 0.112. The van der Waals surface area contributed by atoms with Crippen LogP contribution in [0.2, 0.25) is 0 Å². The first-order valence-electron chi connectivity index (χ1n) is 6.65. The second-order valence-corrected chi connectivity index (χ2v) is 5.97. The Labute approximate surface area is 118 Å². The van der Waals surface area contributed by atoms with Gasteiger partial charge in [-0.3, -0.25) is 0 Å². The molecular weight excluding hydrogens is 236 g/mol. The fraction of sp³-hybridized carbons (Fsp3) is 0.529. The maximum absolute atomic E-state index is 5.97. The Kier molecular flexibility index (Phi) is 7.47. The molecule has 0 rings (SSSR count). The molecule has 0 aromatic heterocycles. The van der Waals surface area contributed by atoms with Crippen LogP contribution in [0.15, 0.2) is 49.3 Å². The van der Waals surface area contributed by atoms with Gasteiger partial charge in [-0.15, -0.1) is 0 Å². The Morgan fingerprint density at radius 3 is 2.16 bits per heavy atom. The lowest BCUT2D eigenvalue weighted by atomic mass is 10.1. The molecule has 0 N–H and O–H groups in total. The summed E-state index contributed by atoms with van der Waals surface area (Å²) in [5.74, 6) is 0.774. The van der Waals surface area contributed by atoms with Gasteiger partial charge in [0.05, 0.1) is 12.2 Å². The summed E-state index contributed by atoms with van der Waals surface area (Å²) in [5.41, 5.74) is -0.399. The van der Waals surface area contributed by atoms with Crippen LogP contribution in [0.4, 0.5) is 0 Å². The van der Waals surface area contributed by atoms with Gasteiger partial charge in [-0.05, 0) is 46.8 Å². The molecule has 0 radical (unpaired) electrons. The van der Waals surface area contributed by atoms with Crippen LogP contribution in [-0.2, 0) is 9.47 Å². The lowest BCUT2D eigenvalue weighted by Crippen LogP contribution is -2.29. The van der Waals surface area contributed by atoms with Gasteiger partial charge < -0.3 is 9.47 Å². The molecule has 0 heterocycles. The predicted octanol–water partition coefficient (Wildman–Crippen LogP) is 4.80. The Morgan fingerprint density at radius 2 is 1.68 bits per heavy atom. The molecule has 108 valence electrons. The van der Waals surface area contributed by atoms with Gasteiger partial charge in [0.2, 0.25) is 0 Å². The largest absolute Gasteiger partial charge is 0.488 e. The lowest BCUT2D eigenvalue weighted by Gasteiger charge is -2.29. The molecular formula is C17H28O2. The van der Waals surface area contributed by atoms with Gasteiger partial charge in [-0.2, -0.15) is 0 Å². The van der Waals surface area contributed by atoms with Crippen molar-refractivity contribution in [2.45, 2.75) is 52.2 Å². The first-order chi connectivity index (χ1) is 8.70. The van der Waals surface area contributed by atoms with E-state index in [0.717, 1.165) is 12.2 Å². The molecule has 2 heteroatoms. The van der Waals surface area contributed by atoms with E-state index in [-0.39, 0.29) is 11.2 Å². The van der Waals surface area contributed by atoms with Crippen molar-refractivity contribution in [1.29, 1.82) is 0 Å². The summed E-state index contributed by atoms with van der Waals surface area (Å²) >= 11 is 0. The third-order valence-corrected chi connectivity index (χ3v) is 2.31. The van der Waals surface area contributed by atoms with E-state index in [9.17, 15) is 0 Å². The Bertz CT molecular complexity index is 341. The molecule has 0 aromatic rings. The fourth-order valence-electron chi connectivity index (χ4n) is 1.38. The molecule has 0 unspecified atom stereocenters. The summed E-state index contributed by atoms with van der Waals surface area (Å²) in [6, 6.07) is 0. The summed E-state index contributed by atoms with van der Waals surface area (Å²) in [6.45, 7) is 18.3. The van der Waals surface area contributed by atoms with E-state index in [4.69, 9.17) is 9.47 Å². The van der Waals surface area contributed by atoms with Gasteiger partial charge in [0.1, 0.15) is 11.4 Å². The van der Waals surface area contributed by atoms with E-state index in [1.165, 1.54) is 0 Å². The molecule has 0 aliphatic carbocycles. The van der Waals surface area contributed by atoms with E-state index in [0.29, 0.717) is 6.61 Å². The minimum atomic E-state index is -0.286. The quantitative estimate of drug-likeness (QED) is 0.463. The van der Waals surface area contributed by atoms with E-state index in [2.05, 4.69) is 47.8 Å². The second-order valence-electron chi connectivity index (χ2n) is 5.97. The molecule has 0 aromatic carbocycles. The summed E-state index contributed by atoms with van der Waals surface area (Å²) in [6.07, 6.45) is 9.81. The maximum Gasteiger partial charge on any atom is 0.120 e. The second kappa shape index (κ2) is 8.00. The molecule has 19 heavy (non-hydrogen) atoms. The van der Waals surface area contributed by atoms with Crippen LogP contribution in [0.1, 0.15) is 41.0 Å². The van der Waals surface area contributed by atoms with Gasteiger partial charge in [0, 0.05) is 6.42 Å². The molecule has 0 bridgehead atoms. The first-order valence-corrected chi connectivity index (χ1v) is 6.65. The molecule has 0 aliphatic heterocycles. The summed E-state index contributed by atoms with van der Waals surface area (Å²) in [7, 11) is 0. The molecule has 2 nitrogen and oxygen atoms in total. The highest BCUT2D eigenvalue weighted by Gasteiger charge is 2.21. The number of allylic oxidation sites excluding steroid dienone is 5. The van der Waals surface area contributed by atoms with Crippen LogP contribution in [-0.4, -0.2) is 17.8 Å². The van der Waals surface area contributed by atoms with Crippen molar-refractivity contribution in [1.82, 2.24) is 0 Å². The average Bonchev–Trinajstić information content (AvgIpc) is 2.23. The zero-order valence-corrected chi connectivity index (χ0v) is 13.0. The summed E-state index contributed by atoms with van der Waals surface area (Å²) < 4.78 is 11.7. The van der Waals surface area contributed by atoms with Crippen LogP contribution < -0.4 is 0 Å². The Hall–Kier alpha value is -1.28. The van der Waals surface area contributed by atoms with Crippen LogP contribution >= 0.6 is 0 Å². The Balaban J connectivity index is 4.46. The highest BCUT2D eigenvalue weighted by molar-refractivity contribution is 5.20. The Morgan fingerprint density at radius 1 is 1.05 bits per heavy atom.